The third-order valence-corrected chi connectivity index (χ3v) is 5.69. The van der Waals surface area contributed by atoms with Crippen LogP contribution in [-0.4, -0.2) is 0 Å². The predicted molar refractivity (Wildman–Crippen MR) is 76.2 cm³/mol. The van der Waals surface area contributed by atoms with E-state index in [1.54, 1.807) is 12.1 Å². The van der Waals surface area contributed by atoms with Crippen LogP contribution >= 0.6 is 50.5 Å². The van der Waals surface area contributed by atoms with E-state index in [0.717, 1.165) is 14.8 Å². The van der Waals surface area contributed by atoms with Gasteiger partial charge in [0.25, 0.3) is 0 Å². The number of thiophene rings is 1. The molecule has 17 heavy (non-hydrogen) atoms. The van der Waals surface area contributed by atoms with Crippen molar-refractivity contribution in [2.75, 3.05) is 0 Å². The Balaban J connectivity index is 2.43. The van der Waals surface area contributed by atoms with E-state index in [1.807, 2.05) is 13.0 Å². The molecule has 1 heterocycles. The van der Waals surface area contributed by atoms with Gasteiger partial charge in [-0.05, 0) is 30.2 Å². The van der Waals surface area contributed by atoms with Crippen LogP contribution in [0.4, 0.5) is 4.39 Å². The number of halogens is 4. The van der Waals surface area contributed by atoms with E-state index in [9.17, 15) is 4.39 Å². The van der Waals surface area contributed by atoms with Gasteiger partial charge in [-0.1, -0.05) is 51.3 Å². The summed E-state index contributed by atoms with van der Waals surface area (Å²) in [6.45, 7) is 1.94. The Morgan fingerprint density at radius 2 is 2.06 bits per heavy atom. The van der Waals surface area contributed by atoms with Gasteiger partial charge in [-0.2, -0.15) is 0 Å². The smallest absolute Gasteiger partial charge is 0.142 e. The van der Waals surface area contributed by atoms with Crippen LogP contribution in [-0.2, 0) is 0 Å². The molecule has 1 atom stereocenters. The third kappa shape index (κ3) is 2.68. The second-order valence-electron chi connectivity index (χ2n) is 3.61. The molecule has 0 aliphatic rings. The summed E-state index contributed by atoms with van der Waals surface area (Å²) < 4.78 is 14.1. The Morgan fingerprint density at radius 1 is 1.35 bits per heavy atom. The van der Waals surface area contributed by atoms with Gasteiger partial charge < -0.3 is 0 Å². The lowest BCUT2D eigenvalue weighted by Crippen LogP contribution is -1.93. The molecule has 0 bridgehead atoms. The van der Waals surface area contributed by atoms with Gasteiger partial charge in [0.1, 0.15) is 5.82 Å². The highest BCUT2D eigenvalue weighted by Gasteiger charge is 2.18. The van der Waals surface area contributed by atoms with Gasteiger partial charge >= 0.3 is 0 Å². The third-order valence-electron chi connectivity index (χ3n) is 2.38. The van der Waals surface area contributed by atoms with Crippen molar-refractivity contribution in [3.05, 3.63) is 55.4 Å². The first kappa shape index (κ1) is 13.3. The maximum atomic E-state index is 13.4. The van der Waals surface area contributed by atoms with Crippen LogP contribution in [0.3, 0.4) is 0 Å². The highest BCUT2D eigenvalue weighted by atomic mass is 79.9. The van der Waals surface area contributed by atoms with Crippen LogP contribution < -0.4 is 0 Å². The lowest BCUT2D eigenvalue weighted by Gasteiger charge is -2.10. The summed E-state index contributed by atoms with van der Waals surface area (Å²) in [6, 6.07) is 6.77. The topological polar surface area (TPSA) is 0 Å². The van der Waals surface area contributed by atoms with Crippen molar-refractivity contribution >= 4 is 50.5 Å². The molecule has 0 spiro atoms. The Kier molecular flexibility index (Phi) is 4.14. The quantitative estimate of drug-likeness (QED) is 0.582. The van der Waals surface area contributed by atoms with Gasteiger partial charge in [-0.25, -0.2) is 4.39 Å². The minimum Gasteiger partial charge on any atom is -0.205 e. The zero-order valence-corrected chi connectivity index (χ0v) is 12.7. The molecule has 1 aromatic carbocycles. The molecule has 0 N–H and O–H groups in total. The lowest BCUT2D eigenvalue weighted by molar-refractivity contribution is 0.626. The van der Waals surface area contributed by atoms with Crippen LogP contribution in [0.1, 0.15) is 20.8 Å². The fourth-order valence-corrected chi connectivity index (χ4v) is 3.85. The first-order valence-electron chi connectivity index (χ1n) is 4.84. The normalized spacial score (nSPS) is 12.8. The minimum absolute atomic E-state index is 0.137. The van der Waals surface area contributed by atoms with E-state index in [-0.39, 0.29) is 9.85 Å². The SMILES string of the molecule is Cc1cc(C(Br)c2cccc(F)c2Cl)sc1Cl. The van der Waals surface area contributed by atoms with E-state index in [4.69, 9.17) is 23.2 Å². The monoisotopic (exact) mass is 352 g/mol. The van der Waals surface area contributed by atoms with Gasteiger partial charge in [-0.3, -0.25) is 0 Å². The molecule has 0 aliphatic carbocycles. The molecule has 1 aromatic heterocycles. The summed E-state index contributed by atoms with van der Waals surface area (Å²) in [5, 5.41) is 0.150. The molecular formula is C12H8BrCl2FS. The molecule has 0 saturated carbocycles. The number of hydrogen-bond donors (Lipinski definition) is 0. The highest BCUT2D eigenvalue weighted by molar-refractivity contribution is 9.09. The maximum absolute atomic E-state index is 13.4. The molecule has 0 radical (unpaired) electrons. The summed E-state index contributed by atoms with van der Waals surface area (Å²) >= 11 is 17.0. The molecule has 0 amide bonds. The predicted octanol–water partition coefficient (Wildman–Crippen LogP) is 5.99. The second kappa shape index (κ2) is 5.27. The Bertz CT molecular complexity index is 534. The summed E-state index contributed by atoms with van der Waals surface area (Å²) in [4.78, 5) is 0.877. The zero-order chi connectivity index (χ0) is 12.6. The largest absolute Gasteiger partial charge is 0.205 e. The van der Waals surface area contributed by atoms with Gasteiger partial charge in [0.15, 0.2) is 0 Å². The standard InChI is InChI=1S/C12H8BrCl2FS/c1-6-5-9(17-12(6)15)10(13)7-3-2-4-8(16)11(7)14/h2-5,10H,1H3. The lowest BCUT2D eigenvalue weighted by atomic mass is 10.1. The zero-order valence-electron chi connectivity index (χ0n) is 8.81. The molecule has 0 aliphatic heterocycles. The number of hydrogen-bond acceptors (Lipinski definition) is 1. The van der Waals surface area contributed by atoms with E-state index in [1.165, 1.54) is 17.4 Å². The van der Waals surface area contributed by atoms with Crippen molar-refractivity contribution in [3.8, 4) is 0 Å². The average molecular weight is 354 g/mol. The number of rotatable bonds is 2. The molecule has 1 unspecified atom stereocenters. The average Bonchev–Trinajstić information content (AvgIpc) is 2.62. The minimum atomic E-state index is -0.409. The summed E-state index contributed by atoms with van der Waals surface area (Å²) in [5.41, 5.74) is 1.73. The Labute approximate surface area is 121 Å². The summed E-state index contributed by atoms with van der Waals surface area (Å²) in [7, 11) is 0. The van der Waals surface area contributed by atoms with E-state index in [0.29, 0.717) is 5.56 Å². The molecule has 0 nitrogen and oxygen atoms in total. The van der Waals surface area contributed by atoms with Crippen molar-refractivity contribution in [2.45, 2.75) is 11.8 Å². The molecule has 0 fully saturated rings. The van der Waals surface area contributed by atoms with Gasteiger partial charge in [-0.15, -0.1) is 11.3 Å². The van der Waals surface area contributed by atoms with Crippen LogP contribution in [0.15, 0.2) is 24.3 Å². The van der Waals surface area contributed by atoms with Crippen molar-refractivity contribution < 1.29 is 4.39 Å². The van der Waals surface area contributed by atoms with Crippen LogP contribution in [0.25, 0.3) is 0 Å². The van der Waals surface area contributed by atoms with Crippen molar-refractivity contribution in [1.82, 2.24) is 0 Å². The molecule has 90 valence electrons. The van der Waals surface area contributed by atoms with Crippen LogP contribution in [0, 0.1) is 12.7 Å². The van der Waals surface area contributed by atoms with Crippen LogP contribution in [0.2, 0.25) is 9.36 Å². The van der Waals surface area contributed by atoms with E-state index >= 15 is 0 Å². The maximum Gasteiger partial charge on any atom is 0.142 e. The van der Waals surface area contributed by atoms with Gasteiger partial charge in [0, 0.05) is 4.88 Å². The summed E-state index contributed by atoms with van der Waals surface area (Å²) in [6.07, 6.45) is 0. The molecule has 2 aromatic rings. The van der Waals surface area contributed by atoms with E-state index in [2.05, 4.69) is 15.9 Å². The fourth-order valence-electron chi connectivity index (χ4n) is 1.48. The summed E-state index contributed by atoms with van der Waals surface area (Å²) in [5.74, 6) is -0.409. The molecule has 2 rings (SSSR count). The van der Waals surface area contributed by atoms with Crippen LogP contribution in [0.5, 0.6) is 0 Å². The van der Waals surface area contributed by atoms with Crippen molar-refractivity contribution in [3.63, 3.8) is 0 Å². The first-order valence-corrected chi connectivity index (χ1v) is 7.33. The highest BCUT2D eigenvalue weighted by Crippen LogP contribution is 2.41. The van der Waals surface area contributed by atoms with Crippen molar-refractivity contribution in [2.24, 2.45) is 0 Å². The van der Waals surface area contributed by atoms with Gasteiger partial charge in [0.05, 0.1) is 14.2 Å². The number of aryl methyl sites for hydroxylation is 1. The molecule has 0 saturated heterocycles. The molecular weight excluding hydrogens is 346 g/mol. The second-order valence-corrected chi connectivity index (χ2v) is 6.59. The Hall–Kier alpha value is -0.0900. The van der Waals surface area contributed by atoms with Crippen molar-refractivity contribution in [1.29, 1.82) is 0 Å². The van der Waals surface area contributed by atoms with E-state index < -0.39 is 5.82 Å². The van der Waals surface area contributed by atoms with Gasteiger partial charge in [0.2, 0.25) is 0 Å². The Morgan fingerprint density at radius 3 is 2.65 bits per heavy atom. The fraction of sp³-hybridized carbons (Fsp3) is 0.167. The first-order chi connectivity index (χ1) is 8.00. The number of alkyl halides is 1. The molecule has 5 heteroatoms. The number of benzene rings is 1.